The third kappa shape index (κ3) is 3.72. The van der Waals surface area contributed by atoms with Gasteiger partial charge in [-0.2, -0.15) is 0 Å². The summed E-state index contributed by atoms with van der Waals surface area (Å²) in [5.41, 5.74) is 5.09. The van der Waals surface area contributed by atoms with Crippen LogP contribution in [0, 0.1) is 0 Å². The van der Waals surface area contributed by atoms with Crippen LogP contribution in [0.5, 0.6) is 0 Å². The molecule has 2 aromatic rings. The minimum atomic E-state index is -0.568. The highest BCUT2D eigenvalue weighted by Crippen LogP contribution is 2.06. The van der Waals surface area contributed by atoms with Gasteiger partial charge >= 0.3 is 11.9 Å². The van der Waals surface area contributed by atoms with E-state index in [0.29, 0.717) is 5.56 Å². The van der Waals surface area contributed by atoms with Crippen molar-refractivity contribution in [2.75, 3.05) is 6.61 Å². The highest BCUT2D eigenvalue weighted by Gasteiger charge is 2.12. The van der Waals surface area contributed by atoms with E-state index in [0.717, 1.165) is 0 Å². The second-order valence-electron chi connectivity index (χ2n) is 4.18. The maximum atomic E-state index is 11.9. The van der Waals surface area contributed by atoms with Crippen molar-refractivity contribution in [2.45, 2.75) is 6.92 Å². The predicted octanol–water partition coefficient (Wildman–Crippen LogP) is 1.53. The van der Waals surface area contributed by atoms with Gasteiger partial charge in [-0.15, -0.1) is 0 Å². The molecule has 1 aromatic heterocycles. The number of hydrogen-bond donors (Lipinski definition) is 2. The second kappa shape index (κ2) is 7.07. The largest absolute Gasteiger partial charge is 0.462 e. The van der Waals surface area contributed by atoms with Gasteiger partial charge in [-0.3, -0.25) is 20.4 Å². The van der Waals surface area contributed by atoms with Crippen molar-refractivity contribution in [1.82, 2.24) is 10.9 Å². The molecule has 7 heteroatoms. The van der Waals surface area contributed by atoms with Crippen LogP contribution in [0.3, 0.4) is 0 Å². The van der Waals surface area contributed by atoms with Crippen LogP contribution in [0.4, 0.5) is 0 Å². The van der Waals surface area contributed by atoms with Crippen LogP contribution in [0.1, 0.15) is 38.2 Å². The van der Waals surface area contributed by atoms with E-state index < -0.39 is 17.8 Å². The normalized spacial score (nSPS) is 9.86. The van der Waals surface area contributed by atoms with Gasteiger partial charge < -0.3 is 9.15 Å². The molecule has 1 heterocycles. The van der Waals surface area contributed by atoms with Crippen molar-refractivity contribution in [1.29, 1.82) is 0 Å². The standard InChI is InChI=1S/C15H14N2O5/c1-2-21-15(20)11-7-5-10(6-8-11)13(18)16-17-14(19)12-4-3-9-22-12/h3-9H,2H2,1H3,(H,16,18)(H,17,19). The molecule has 114 valence electrons. The van der Waals surface area contributed by atoms with Crippen molar-refractivity contribution < 1.29 is 23.5 Å². The third-order valence-corrected chi connectivity index (χ3v) is 2.69. The number of hydrazine groups is 1. The number of hydrogen-bond acceptors (Lipinski definition) is 5. The zero-order chi connectivity index (χ0) is 15.9. The van der Waals surface area contributed by atoms with Crippen LogP contribution in [0.25, 0.3) is 0 Å². The van der Waals surface area contributed by atoms with E-state index in [1.54, 1.807) is 13.0 Å². The molecule has 0 fully saturated rings. The third-order valence-electron chi connectivity index (χ3n) is 2.69. The molecular weight excluding hydrogens is 288 g/mol. The van der Waals surface area contributed by atoms with Crippen LogP contribution in [0.2, 0.25) is 0 Å². The molecule has 7 nitrogen and oxygen atoms in total. The number of amides is 2. The molecule has 0 spiro atoms. The van der Waals surface area contributed by atoms with Crippen LogP contribution in [-0.4, -0.2) is 24.4 Å². The van der Waals surface area contributed by atoms with Gasteiger partial charge in [0.15, 0.2) is 5.76 Å². The summed E-state index contributed by atoms with van der Waals surface area (Å²) in [6.07, 6.45) is 1.35. The minimum absolute atomic E-state index is 0.0814. The molecule has 2 rings (SSSR count). The fraction of sp³-hybridized carbons (Fsp3) is 0.133. The van der Waals surface area contributed by atoms with E-state index in [-0.39, 0.29) is 17.9 Å². The molecule has 0 aliphatic rings. The van der Waals surface area contributed by atoms with Gasteiger partial charge in [0.2, 0.25) is 0 Å². The Hall–Kier alpha value is -3.09. The topological polar surface area (TPSA) is 97.6 Å². The first-order chi connectivity index (χ1) is 10.6. The zero-order valence-electron chi connectivity index (χ0n) is 11.8. The number of carbonyl (C=O) groups excluding carboxylic acids is 3. The number of benzene rings is 1. The van der Waals surface area contributed by atoms with E-state index in [9.17, 15) is 14.4 Å². The van der Waals surface area contributed by atoms with Crippen LogP contribution in [0.15, 0.2) is 47.1 Å². The Bertz CT molecular complexity index is 662. The number of rotatable bonds is 4. The van der Waals surface area contributed by atoms with E-state index in [1.165, 1.54) is 36.6 Å². The van der Waals surface area contributed by atoms with Gasteiger partial charge in [0.05, 0.1) is 18.4 Å². The molecular formula is C15H14N2O5. The number of ether oxygens (including phenoxy) is 1. The summed E-state index contributed by atoms with van der Waals surface area (Å²) >= 11 is 0. The molecule has 0 saturated carbocycles. The lowest BCUT2D eigenvalue weighted by molar-refractivity contribution is 0.0526. The van der Waals surface area contributed by atoms with E-state index in [2.05, 4.69) is 10.9 Å². The fourth-order valence-corrected chi connectivity index (χ4v) is 1.63. The average Bonchev–Trinajstić information content (AvgIpc) is 3.07. The predicted molar refractivity (Wildman–Crippen MR) is 76.0 cm³/mol. The van der Waals surface area contributed by atoms with Crippen molar-refractivity contribution in [3.8, 4) is 0 Å². The van der Waals surface area contributed by atoms with Crippen molar-refractivity contribution in [3.63, 3.8) is 0 Å². The lowest BCUT2D eigenvalue weighted by Crippen LogP contribution is -2.41. The Morgan fingerprint density at radius 2 is 1.64 bits per heavy atom. The molecule has 0 atom stereocenters. The quantitative estimate of drug-likeness (QED) is 0.659. The van der Waals surface area contributed by atoms with Crippen LogP contribution >= 0.6 is 0 Å². The molecule has 0 bridgehead atoms. The Balaban J connectivity index is 1.92. The lowest BCUT2D eigenvalue weighted by atomic mass is 10.1. The highest BCUT2D eigenvalue weighted by atomic mass is 16.5. The Morgan fingerprint density at radius 1 is 1.00 bits per heavy atom. The molecule has 0 aliphatic heterocycles. The van der Waals surface area contributed by atoms with Gasteiger partial charge in [-0.1, -0.05) is 0 Å². The molecule has 0 saturated heterocycles. The molecule has 22 heavy (non-hydrogen) atoms. The van der Waals surface area contributed by atoms with Crippen molar-refractivity contribution in [2.24, 2.45) is 0 Å². The first-order valence-corrected chi connectivity index (χ1v) is 6.53. The molecule has 1 aromatic carbocycles. The Labute approximate surface area is 126 Å². The summed E-state index contributed by atoms with van der Waals surface area (Å²) in [6.45, 7) is 1.99. The van der Waals surface area contributed by atoms with Gasteiger partial charge in [0.25, 0.3) is 5.91 Å². The summed E-state index contributed by atoms with van der Waals surface area (Å²) in [7, 11) is 0. The van der Waals surface area contributed by atoms with E-state index in [4.69, 9.17) is 9.15 Å². The number of carbonyl (C=O) groups is 3. The minimum Gasteiger partial charge on any atom is -0.462 e. The zero-order valence-corrected chi connectivity index (χ0v) is 11.8. The van der Waals surface area contributed by atoms with Crippen LogP contribution in [-0.2, 0) is 4.74 Å². The highest BCUT2D eigenvalue weighted by molar-refractivity contribution is 5.98. The summed E-state index contributed by atoms with van der Waals surface area (Å²) in [5.74, 6) is -1.46. The van der Waals surface area contributed by atoms with E-state index >= 15 is 0 Å². The smallest absolute Gasteiger partial charge is 0.338 e. The van der Waals surface area contributed by atoms with Crippen LogP contribution < -0.4 is 10.9 Å². The van der Waals surface area contributed by atoms with Gasteiger partial charge in [-0.25, -0.2) is 4.79 Å². The first-order valence-electron chi connectivity index (χ1n) is 6.53. The molecule has 2 N–H and O–H groups in total. The molecule has 0 unspecified atom stereocenters. The monoisotopic (exact) mass is 302 g/mol. The summed E-state index contributed by atoms with van der Waals surface area (Å²) in [4.78, 5) is 34.9. The Kier molecular flexibility index (Phi) is 4.92. The van der Waals surface area contributed by atoms with Gasteiger partial charge in [0.1, 0.15) is 0 Å². The van der Waals surface area contributed by atoms with Gasteiger partial charge in [-0.05, 0) is 43.3 Å². The first kappa shape index (κ1) is 15.3. The molecule has 0 aliphatic carbocycles. The number of furan rings is 1. The van der Waals surface area contributed by atoms with Crippen molar-refractivity contribution >= 4 is 17.8 Å². The average molecular weight is 302 g/mol. The molecule has 2 amide bonds. The maximum Gasteiger partial charge on any atom is 0.338 e. The van der Waals surface area contributed by atoms with E-state index in [1.807, 2.05) is 0 Å². The molecule has 0 radical (unpaired) electrons. The summed E-state index contributed by atoms with van der Waals surface area (Å²) in [6, 6.07) is 8.89. The Morgan fingerprint density at radius 3 is 2.23 bits per heavy atom. The lowest BCUT2D eigenvalue weighted by Gasteiger charge is -2.06. The maximum absolute atomic E-state index is 11.9. The number of nitrogens with one attached hydrogen (secondary N) is 2. The van der Waals surface area contributed by atoms with Crippen molar-refractivity contribution in [3.05, 3.63) is 59.5 Å². The fourth-order valence-electron chi connectivity index (χ4n) is 1.63. The second-order valence-corrected chi connectivity index (χ2v) is 4.18. The number of esters is 1. The summed E-state index contributed by atoms with van der Waals surface area (Å²) in [5, 5.41) is 0. The summed E-state index contributed by atoms with van der Waals surface area (Å²) < 4.78 is 9.73. The SMILES string of the molecule is CCOC(=O)c1ccc(C(=O)NNC(=O)c2ccco2)cc1. The van der Waals surface area contributed by atoms with Gasteiger partial charge in [0, 0.05) is 5.56 Å².